The van der Waals surface area contributed by atoms with E-state index >= 15 is 0 Å². The van der Waals surface area contributed by atoms with E-state index in [1.165, 1.54) is 11.0 Å². The molecule has 1 amide bonds. The number of rotatable bonds is 10. The molecule has 11 heteroatoms. The van der Waals surface area contributed by atoms with Crippen LogP contribution in [-0.2, 0) is 30.9 Å². The van der Waals surface area contributed by atoms with E-state index in [2.05, 4.69) is 0 Å². The van der Waals surface area contributed by atoms with Gasteiger partial charge in [-0.05, 0) is 42.3 Å². The minimum Gasteiger partial charge on any atom is -0.466 e. The first-order valence-corrected chi connectivity index (χ1v) is 12.9. The molecule has 0 fully saturated rings. The first-order valence-electron chi connectivity index (χ1n) is 11.4. The Morgan fingerprint density at radius 3 is 2.32 bits per heavy atom. The number of nitrogen functional groups attached to an aromatic ring is 1. The number of carbonyl (C=O) groups is 2. The first-order chi connectivity index (χ1) is 17.6. The van der Waals surface area contributed by atoms with Crippen molar-refractivity contribution in [3.63, 3.8) is 0 Å². The number of ether oxygens (including phenoxy) is 2. The molecule has 10 nitrogen and oxygen atoms in total. The number of amidine groups is 1. The molecule has 0 unspecified atom stereocenters. The van der Waals surface area contributed by atoms with Crippen molar-refractivity contribution in [1.29, 1.82) is 5.41 Å². The molecule has 0 radical (unpaired) electrons. The van der Waals surface area contributed by atoms with Crippen molar-refractivity contribution in [3.8, 4) is 11.1 Å². The number of nitrogens with zero attached hydrogens (tertiary/aromatic N) is 1. The van der Waals surface area contributed by atoms with Crippen LogP contribution in [0.25, 0.3) is 11.1 Å². The van der Waals surface area contributed by atoms with Gasteiger partial charge in [-0.25, -0.2) is 18.4 Å². The maximum absolute atomic E-state index is 13.0. The van der Waals surface area contributed by atoms with E-state index in [1.807, 2.05) is 0 Å². The van der Waals surface area contributed by atoms with E-state index in [9.17, 15) is 18.0 Å². The van der Waals surface area contributed by atoms with Gasteiger partial charge < -0.3 is 15.2 Å². The predicted octanol–water partition coefficient (Wildman–Crippen LogP) is 3.38. The zero-order valence-corrected chi connectivity index (χ0v) is 21.0. The first kappa shape index (κ1) is 27.4. The second-order valence-electron chi connectivity index (χ2n) is 7.96. The van der Waals surface area contributed by atoms with E-state index in [0.717, 1.165) is 0 Å². The Hall–Kier alpha value is -4.22. The summed E-state index contributed by atoms with van der Waals surface area (Å²) in [6.45, 7) is 1.83. The fourth-order valence-electron chi connectivity index (χ4n) is 3.59. The molecular formula is C26H28N4O6S. The van der Waals surface area contributed by atoms with E-state index in [4.69, 9.17) is 25.8 Å². The Morgan fingerprint density at radius 1 is 0.973 bits per heavy atom. The van der Waals surface area contributed by atoms with Crippen LogP contribution in [0.4, 0.5) is 10.5 Å². The van der Waals surface area contributed by atoms with Gasteiger partial charge in [-0.3, -0.25) is 15.1 Å². The van der Waals surface area contributed by atoms with E-state index < -0.39 is 22.1 Å². The number of amides is 1. The lowest BCUT2D eigenvalue weighted by atomic mass is 10.1. The van der Waals surface area contributed by atoms with Crippen LogP contribution in [0.2, 0.25) is 0 Å². The van der Waals surface area contributed by atoms with Gasteiger partial charge in [-0.2, -0.15) is 0 Å². The van der Waals surface area contributed by atoms with Crippen molar-refractivity contribution in [1.82, 2.24) is 0 Å². The van der Waals surface area contributed by atoms with Gasteiger partial charge >= 0.3 is 12.1 Å². The second kappa shape index (κ2) is 12.2. The number of hydrogen-bond donors (Lipinski definition) is 3. The molecule has 0 saturated carbocycles. The van der Waals surface area contributed by atoms with Crippen LogP contribution in [-0.4, -0.2) is 39.5 Å². The SMILES string of the molecule is CCOC(=O)CCN(C(=O)OCc1cccc(C(=N)N)c1)c1ccc(-c2ccccc2S(N)(=O)=O)cc1. The van der Waals surface area contributed by atoms with Crippen LogP contribution in [0.3, 0.4) is 0 Å². The molecule has 0 aromatic heterocycles. The highest BCUT2D eigenvalue weighted by Crippen LogP contribution is 2.29. The molecule has 0 spiro atoms. The largest absolute Gasteiger partial charge is 0.466 e. The number of primary sulfonamides is 1. The average Bonchev–Trinajstić information content (AvgIpc) is 2.88. The highest BCUT2D eigenvalue weighted by molar-refractivity contribution is 7.89. The smallest absolute Gasteiger partial charge is 0.414 e. The Kier molecular flexibility index (Phi) is 8.99. The van der Waals surface area contributed by atoms with Crippen LogP contribution < -0.4 is 15.8 Å². The predicted molar refractivity (Wildman–Crippen MR) is 139 cm³/mol. The summed E-state index contributed by atoms with van der Waals surface area (Å²) in [5, 5.41) is 12.9. The lowest BCUT2D eigenvalue weighted by Gasteiger charge is -2.22. The lowest BCUT2D eigenvalue weighted by Crippen LogP contribution is -2.33. The minimum absolute atomic E-state index is 0.00172. The van der Waals surface area contributed by atoms with Gasteiger partial charge in [-0.1, -0.05) is 48.5 Å². The average molecular weight is 525 g/mol. The molecule has 37 heavy (non-hydrogen) atoms. The highest BCUT2D eigenvalue weighted by atomic mass is 32.2. The van der Waals surface area contributed by atoms with Crippen LogP contribution in [0.5, 0.6) is 0 Å². The molecule has 0 bridgehead atoms. The molecule has 0 aliphatic carbocycles. The molecule has 3 aromatic rings. The number of anilines is 1. The summed E-state index contributed by atoms with van der Waals surface area (Å²) in [6, 6.07) is 19.6. The number of sulfonamides is 1. The molecule has 3 aromatic carbocycles. The van der Waals surface area contributed by atoms with Crippen molar-refractivity contribution in [2.75, 3.05) is 18.1 Å². The van der Waals surface area contributed by atoms with Gasteiger partial charge in [0.15, 0.2) is 0 Å². The third-order valence-corrected chi connectivity index (χ3v) is 6.32. The Bertz CT molecular complexity index is 1390. The maximum Gasteiger partial charge on any atom is 0.414 e. The van der Waals surface area contributed by atoms with E-state index in [-0.39, 0.29) is 36.9 Å². The molecule has 0 aliphatic heterocycles. The highest BCUT2D eigenvalue weighted by Gasteiger charge is 2.20. The van der Waals surface area contributed by atoms with Crippen molar-refractivity contribution in [2.45, 2.75) is 24.8 Å². The van der Waals surface area contributed by atoms with Gasteiger partial charge in [-0.15, -0.1) is 0 Å². The topological polar surface area (TPSA) is 166 Å². The summed E-state index contributed by atoms with van der Waals surface area (Å²) in [6.07, 6.45) is -0.756. The van der Waals surface area contributed by atoms with Gasteiger partial charge in [0.2, 0.25) is 10.0 Å². The number of nitrogens with one attached hydrogen (secondary N) is 1. The number of hydrogen-bond acceptors (Lipinski definition) is 7. The molecule has 0 aliphatic rings. The molecule has 0 saturated heterocycles. The lowest BCUT2D eigenvalue weighted by molar-refractivity contribution is -0.142. The minimum atomic E-state index is -3.94. The second-order valence-corrected chi connectivity index (χ2v) is 9.49. The number of benzene rings is 3. The molecule has 194 valence electrons. The molecule has 0 atom stereocenters. The zero-order chi connectivity index (χ0) is 27.0. The third kappa shape index (κ3) is 7.38. The van der Waals surface area contributed by atoms with Crippen LogP contribution >= 0.6 is 0 Å². The normalized spacial score (nSPS) is 11.0. The van der Waals surface area contributed by atoms with Crippen molar-refractivity contribution < 1.29 is 27.5 Å². The van der Waals surface area contributed by atoms with Crippen LogP contribution in [0.1, 0.15) is 24.5 Å². The summed E-state index contributed by atoms with van der Waals surface area (Å²) < 4.78 is 34.4. The van der Waals surface area contributed by atoms with E-state index in [0.29, 0.717) is 27.9 Å². The summed E-state index contributed by atoms with van der Waals surface area (Å²) >= 11 is 0. The number of esters is 1. The summed E-state index contributed by atoms with van der Waals surface area (Å²) in [5.41, 5.74) is 8.10. The number of nitrogens with two attached hydrogens (primary N) is 2. The molecule has 0 heterocycles. The van der Waals surface area contributed by atoms with E-state index in [1.54, 1.807) is 73.7 Å². The van der Waals surface area contributed by atoms with Crippen LogP contribution in [0, 0.1) is 5.41 Å². The summed E-state index contributed by atoms with van der Waals surface area (Å²) in [4.78, 5) is 26.3. The Balaban J connectivity index is 1.84. The van der Waals surface area contributed by atoms with Crippen molar-refractivity contribution in [3.05, 3.63) is 83.9 Å². The fourth-order valence-corrected chi connectivity index (χ4v) is 4.35. The van der Waals surface area contributed by atoms with Gasteiger partial charge in [0.05, 0.1) is 17.9 Å². The molecule has 3 rings (SSSR count). The van der Waals surface area contributed by atoms with Crippen molar-refractivity contribution in [2.24, 2.45) is 10.9 Å². The monoisotopic (exact) mass is 524 g/mol. The fraction of sp³-hybridized carbons (Fsp3) is 0.192. The van der Waals surface area contributed by atoms with Gasteiger partial charge in [0.1, 0.15) is 12.4 Å². The molecule has 5 N–H and O–H groups in total. The van der Waals surface area contributed by atoms with Crippen LogP contribution in [0.15, 0.2) is 77.7 Å². The standard InChI is InChI=1S/C26H28N4O6S/c1-2-35-24(31)14-15-30(26(32)36-17-18-6-5-7-20(16-18)25(27)28)21-12-10-19(11-13-21)22-8-3-4-9-23(22)37(29,33)34/h3-13,16H,2,14-15,17H2,1H3,(H3,27,28)(H2,29,33,34). The van der Waals surface area contributed by atoms with Crippen molar-refractivity contribution >= 4 is 33.6 Å². The summed E-state index contributed by atoms with van der Waals surface area (Å²) in [7, 11) is -3.94. The third-order valence-electron chi connectivity index (χ3n) is 5.35. The van der Waals surface area contributed by atoms with Gasteiger partial charge in [0.25, 0.3) is 0 Å². The Labute approximate surface area is 215 Å². The quantitative estimate of drug-likeness (QED) is 0.208. The van der Waals surface area contributed by atoms with Gasteiger partial charge in [0, 0.05) is 23.4 Å². The summed E-state index contributed by atoms with van der Waals surface area (Å²) in [5.74, 6) is -0.568. The zero-order valence-electron chi connectivity index (χ0n) is 20.2. The number of carbonyl (C=O) groups excluding carboxylic acids is 2. The maximum atomic E-state index is 13.0. The Morgan fingerprint density at radius 2 is 1.68 bits per heavy atom. The molecular weight excluding hydrogens is 496 g/mol.